The van der Waals surface area contributed by atoms with E-state index in [1.807, 2.05) is 26.1 Å². The van der Waals surface area contributed by atoms with E-state index in [1.165, 1.54) is 6.20 Å². The Morgan fingerprint density at radius 3 is 2.87 bits per heavy atom. The standard InChI is InChI=1S/C11H13N3O/c1-6(2)9-7-3-4-13-11(7)14-5-8(9)10(12)15/h3-6H,1-2H3,(H2,12,15)(H,13,14). The number of nitrogens with two attached hydrogens (primary N) is 1. The molecule has 0 saturated heterocycles. The fraction of sp³-hybridized carbons (Fsp3) is 0.273. The van der Waals surface area contributed by atoms with Crippen molar-refractivity contribution >= 4 is 16.9 Å². The van der Waals surface area contributed by atoms with Gasteiger partial charge in [0.05, 0.1) is 5.56 Å². The van der Waals surface area contributed by atoms with Crippen LogP contribution in [0.2, 0.25) is 0 Å². The van der Waals surface area contributed by atoms with E-state index >= 15 is 0 Å². The number of pyridine rings is 1. The summed E-state index contributed by atoms with van der Waals surface area (Å²) < 4.78 is 0. The van der Waals surface area contributed by atoms with Gasteiger partial charge in [-0.15, -0.1) is 0 Å². The van der Waals surface area contributed by atoms with Crippen molar-refractivity contribution in [3.63, 3.8) is 0 Å². The van der Waals surface area contributed by atoms with Gasteiger partial charge in [0.25, 0.3) is 5.91 Å². The van der Waals surface area contributed by atoms with Gasteiger partial charge < -0.3 is 10.7 Å². The Labute approximate surface area is 87.5 Å². The molecular weight excluding hydrogens is 190 g/mol. The summed E-state index contributed by atoms with van der Waals surface area (Å²) in [5, 5.41) is 0.973. The summed E-state index contributed by atoms with van der Waals surface area (Å²) >= 11 is 0. The SMILES string of the molecule is CC(C)c1c(C(N)=O)cnc2[nH]ccc12. The van der Waals surface area contributed by atoms with Gasteiger partial charge in [-0.25, -0.2) is 4.98 Å². The summed E-state index contributed by atoms with van der Waals surface area (Å²) in [6.07, 6.45) is 3.35. The minimum atomic E-state index is -0.422. The van der Waals surface area contributed by atoms with Crippen LogP contribution in [-0.2, 0) is 0 Å². The fourth-order valence-corrected chi connectivity index (χ4v) is 1.85. The van der Waals surface area contributed by atoms with E-state index in [9.17, 15) is 4.79 Å². The van der Waals surface area contributed by atoms with E-state index in [-0.39, 0.29) is 5.92 Å². The molecule has 0 aromatic carbocycles. The first-order chi connectivity index (χ1) is 7.11. The van der Waals surface area contributed by atoms with Crippen molar-refractivity contribution in [1.82, 2.24) is 9.97 Å². The molecule has 0 aliphatic carbocycles. The predicted molar refractivity (Wildman–Crippen MR) is 58.7 cm³/mol. The van der Waals surface area contributed by atoms with Crippen molar-refractivity contribution in [3.8, 4) is 0 Å². The van der Waals surface area contributed by atoms with Crippen molar-refractivity contribution in [3.05, 3.63) is 29.6 Å². The highest BCUT2D eigenvalue weighted by Gasteiger charge is 2.15. The van der Waals surface area contributed by atoms with Gasteiger partial charge in [-0.3, -0.25) is 4.79 Å². The van der Waals surface area contributed by atoms with Gasteiger partial charge >= 0.3 is 0 Å². The second kappa shape index (κ2) is 3.38. The minimum absolute atomic E-state index is 0.244. The van der Waals surface area contributed by atoms with Gasteiger partial charge in [-0.05, 0) is 17.5 Å². The molecule has 3 N–H and O–H groups in total. The highest BCUT2D eigenvalue weighted by molar-refractivity contribution is 5.99. The molecule has 2 aromatic heterocycles. The zero-order valence-electron chi connectivity index (χ0n) is 8.74. The first-order valence-corrected chi connectivity index (χ1v) is 4.87. The van der Waals surface area contributed by atoms with Gasteiger partial charge in [-0.2, -0.15) is 0 Å². The van der Waals surface area contributed by atoms with Crippen LogP contribution in [0, 0.1) is 0 Å². The van der Waals surface area contributed by atoms with Crippen LogP contribution in [0.4, 0.5) is 0 Å². The molecule has 4 nitrogen and oxygen atoms in total. The number of nitrogens with zero attached hydrogens (tertiary/aromatic N) is 1. The molecule has 0 unspecified atom stereocenters. The van der Waals surface area contributed by atoms with E-state index in [1.54, 1.807) is 0 Å². The summed E-state index contributed by atoms with van der Waals surface area (Å²) in [6, 6.07) is 1.92. The Morgan fingerprint density at radius 1 is 1.53 bits per heavy atom. The number of rotatable bonds is 2. The Morgan fingerprint density at radius 2 is 2.27 bits per heavy atom. The molecule has 0 bridgehead atoms. The van der Waals surface area contributed by atoms with Gasteiger partial charge in [0.1, 0.15) is 5.65 Å². The zero-order chi connectivity index (χ0) is 11.0. The zero-order valence-corrected chi connectivity index (χ0v) is 8.74. The average Bonchev–Trinajstić information content (AvgIpc) is 2.62. The van der Waals surface area contributed by atoms with Crippen LogP contribution in [0.3, 0.4) is 0 Å². The molecule has 0 aliphatic heterocycles. The van der Waals surface area contributed by atoms with E-state index in [4.69, 9.17) is 5.73 Å². The first-order valence-electron chi connectivity index (χ1n) is 4.87. The molecule has 2 rings (SSSR count). The number of hydrogen-bond donors (Lipinski definition) is 2. The van der Waals surface area contributed by atoms with Gasteiger partial charge in [0, 0.05) is 17.8 Å². The lowest BCUT2D eigenvalue weighted by Gasteiger charge is -2.10. The minimum Gasteiger partial charge on any atom is -0.366 e. The number of nitrogens with one attached hydrogen (secondary N) is 1. The van der Waals surface area contributed by atoms with Gasteiger partial charge in [-0.1, -0.05) is 13.8 Å². The Hall–Kier alpha value is -1.84. The number of aromatic amines is 1. The van der Waals surface area contributed by atoms with E-state index < -0.39 is 5.91 Å². The molecule has 0 radical (unpaired) electrons. The third kappa shape index (κ3) is 1.48. The van der Waals surface area contributed by atoms with Crippen molar-refractivity contribution in [2.75, 3.05) is 0 Å². The maximum Gasteiger partial charge on any atom is 0.250 e. The molecule has 2 heterocycles. The molecular formula is C11H13N3O. The monoisotopic (exact) mass is 203 g/mol. The second-order valence-electron chi connectivity index (χ2n) is 3.84. The van der Waals surface area contributed by atoms with Crippen molar-refractivity contribution in [2.45, 2.75) is 19.8 Å². The largest absolute Gasteiger partial charge is 0.366 e. The Bertz CT molecular complexity index is 514. The second-order valence-corrected chi connectivity index (χ2v) is 3.84. The van der Waals surface area contributed by atoms with Crippen molar-refractivity contribution < 1.29 is 4.79 Å². The molecule has 0 fully saturated rings. The number of carbonyl (C=O) groups is 1. The van der Waals surface area contributed by atoms with Gasteiger partial charge in [0.2, 0.25) is 0 Å². The summed E-state index contributed by atoms with van der Waals surface area (Å²) in [7, 11) is 0. The molecule has 78 valence electrons. The molecule has 0 aliphatic rings. The van der Waals surface area contributed by atoms with Crippen molar-refractivity contribution in [1.29, 1.82) is 0 Å². The lowest BCUT2D eigenvalue weighted by atomic mass is 9.96. The Kier molecular flexibility index (Phi) is 2.19. The molecule has 1 amide bonds. The fourth-order valence-electron chi connectivity index (χ4n) is 1.85. The third-order valence-corrected chi connectivity index (χ3v) is 2.47. The smallest absolute Gasteiger partial charge is 0.250 e. The van der Waals surface area contributed by atoms with Crippen LogP contribution >= 0.6 is 0 Å². The lowest BCUT2D eigenvalue weighted by molar-refractivity contribution is 0.0999. The summed E-state index contributed by atoms with van der Waals surface area (Å²) in [4.78, 5) is 18.4. The number of primary amides is 1. The third-order valence-electron chi connectivity index (χ3n) is 2.47. The van der Waals surface area contributed by atoms with Crippen LogP contribution < -0.4 is 5.73 Å². The number of amides is 1. The molecule has 0 atom stereocenters. The van der Waals surface area contributed by atoms with E-state index in [0.717, 1.165) is 16.6 Å². The van der Waals surface area contributed by atoms with Crippen molar-refractivity contribution in [2.24, 2.45) is 5.73 Å². The number of aromatic nitrogens is 2. The van der Waals surface area contributed by atoms with Crippen LogP contribution in [0.5, 0.6) is 0 Å². The van der Waals surface area contributed by atoms with Crippen LogP contribution in [0.15, 0.2) is 18.5 Å². The summed E-state index contributed by atoms with van der Waals surface area (Å²) in [5.74, 6) is -0.178. The first kappa shape index (κ1) is 9.71. The van der Waals surface area contributed by atoms with E-state index in [2.05, 4.69) is 9.97 Å². The molecule has 2 aromatic rings. The quantitative estimate of drug-likeness (QED) is 0.781. The number of hydrogen-bond acceptors (Lipinski definition) is 2. The predicted octanol–water partition coefficient (Wildman–Crippen LogP) is 1.79. The molecule has 0 saturated carbocycles. The number of fused-ring (bicyclic) bond motifs is 1. The maximum absolute atomic E-state index is 11.3. The van der Waals surface area contributed by atoms with Crippen LogP contribution in [-0.4, -0.2) is 15.9 Å². The molecule has 0 spiro atoms. The maximum atomic E-state index is 11.3. The normalized spacial score (nSPS) is 11.1. The highest BCUT2D eigenvalue weighted by atomic mass is 16.1. The average molecular weight is 203 g/mol. The number of H-pyrrole nitrogens is 1. The number of carbonyl (C=O) groups excluding carboxylic acids is 1. The highest BCUT2D eigenvalue weighted by Crippen LogP contribution is 2.26. The van der Waals surface area contributed by atoms with Crippen LogP contribution in [0.1, 0.15) is 35.7 Å². The Balaban J connectivity index is 2.81. The van der Waals surface area contributed by atoms with Gasteiger partial charge in [0.15, 0.2) is 0 Å². The summed E-state index contributed by atoms with van der Waals surface area (Å²) in [6.45, 7) is 4.07. The molecule has 4 heteroatoms. The van der Waals surface area contributed by atoms with E-state index in [0.29, 0.717) is 5.56 Å². The summed E-state index contributed by atoms with van der Waals surface area (Å²) in [5.41, 5.74) is 7.60. The topological polar surface area (TPSA) is 71.8 Å². The lowest BCUT2D eigenvalue weighted by Crippen LogP contribution is -2.15. The van der Waals surface area contributed by atoms with Crippen LogP contribution in [0.25, 0.3) is 11.0 Å². The molecule has 15 heavy (non-hydrogen) atoms.